The maximum Gasteiger partial charge on any atom is 0.0548 e. The first-order valence-corrected chi connectivity index (χ1v) is 11.0. The molecule has 0 aliphatic heterocycles. The van der Waals surface area contributed by atoms with Crippen molar-refractivity contribution in [3.63, 3.8) is 0 Å². The van der Waals surface area contributed by atoms with E-state index in [1.54, 1.807) is 0 Å². The highest BCUT2D eigenvalue weighted by atomic mass is 16.3. The van der Waals surface area contributed by atoms with Gasteiger partial charge in [0.15, 0.2) is 0 Å². The highest BCUT2D eigenvalue weighted by molar-refractivity contribution is 5.76. The molecule has 1 aromatic carbocycles. The molecule has 2 unspecified atom stereocenters. The highest BCUT2D eigenvalue weighted by Crippen LogP contribution is 2.43. The summed E-state index contributed by atoms with van der Waals surface area (Å²) in [6.07, 6.45) is 21.0. The molecule has 1 aromatic rings. The molecule has 1 heteroatoms. The standard InChI is InChI=1S/C26H36O/c1-3-4-6-17-26(18-7-5-8-25(27)20-26)19-22-11-15-24(16-12-22)23-13-9-21(2)10-14-23/h9-11,13-16,19,25,27H,3-8,12,17-18,20H2,1-2H3/b22-19+. The average molecular weight is 365 g/mol. The third kappa shape index (κ3) is 5.69. The van der Waals surface area contributed by atoms with Crippen molar-refractivity contribution < 1.29 is 5.11 Å². The number of hydrogen-bond donors (Lipinski definition) is 1. The summed E-state index contributed by atoms with van der Waals surface area (Å²) in [5.41, 5.74) is 5.56. The Morgan fingerprint density at radius 2 is 1.93 bits per heavy atom. The van der Waals surface area contributed by atoms with Crippen LogP contribution in [0, 0.1) is 12.3 Å². The monoisotopic (exact) mass is 364 g/mol. The first kappa shape index (κ1) is 20.1. The second kappa shape index (κ2) is 9.55. The summed E-state index contributed by atoms with van der Waals surface area (Å²) in [4.78, 5) is 0. The molecule has 0 aromatic heterocycles. The maximum absolute atomic E-state index is 10.5. The lowest BCUT2D eigenvalue weighted by Gasteiger charge is -2.32. The first-order chi connectivity index (χ1) is 13.1. The number of allylic oxidation sites excluding steroid dienone is 6. The minimum atomic E-state index is -0.128. The van der Waals surface area contributed by atoms with Gasteiger partial charge in [-0.25, -0.2) is 0 Å². The zero-order valence-corrected chi connectivity index (χ0v) is 17.2. The summed E-state index contributed by atoms with van der Waals surface area (Å²) in [6, 6.07) is 8.80. The molecule has 2 atom stereocenters. The van der Waals surface area contributed by atoms with Crippen LogP contribution in [0.1, 0.15) is 82.3 Å². The smallest absolute Gasteiger partial charge is 0.0548 e. The summed E-state index contributed by atoms with van der Waals surface area (Å²) in [7, 11) is 0. The quantitative estimate of drug-likeness (QED) is 0.419. The molecule has 0 bridgehead atoms. The Balaban J connectivity index is 1.75. The van der Waals surface area contributed by atoms with Crippen molar-refractivity contribution in [2.75, 3.05) is 0 Å². The Morgan fingerprint density at radius 1 is 1.11 bits per heavy atom. The van der Waals surface area contributed by atoms with Gasteiger partial charge in [-0.1, -0.05) is 93.2 Å². The fourth-order valence-corrected chi connectivity index (χ4v) is 4.71. The van der Waals surface area contributed by atoms with Gasteiger partial charge in [0.25, 0.3) is 0 Å². The van der Waals surface area contributed by atoms with Crippen LogP contribution >= 0.6 is 0 Å². The van der Waals surface area contributed by atoms with E-state index in [2.05, 4.69) is 62.4 Å². The summed E-state index contributed by atoms with van der Waals surface area (Å²) in [5.74, 6) is 0. The summed E-state index contributed by atoms with van der Waals surface area (Å²) < 4.78 is 0. The van der Waals surface area contributed by atoms with E-state index in [-0.39, 0.29) is 11.5 Å². The van der Waals surface area contributed by atoms with E-state index in [4.69, 9.17) is 0 Å². The molecule has 0 spiro atoms. The Bertz CT molecular complexity index is 691. The van der Waals surface area contributed by atoms with Gasteiger partial charge in [-0.2, -0.15) is 0 Å². The molecule has 0 amide bonds. The fourth-order valence-electron chi connectivity index (χ4n) is 4.71. The van der Waals surface area contributed by atoms with E-state index < -0.39 is 0 Å². The van der Waals surface area contributed by atoms with Gasteiger partial charge in [-0.15, -0.1) is 0 Å². The van der Waals surface area contributed by atoms with Crippen molar-refractivity contribution in [1.82, 2.24) is 0 Å². The Kier molecular flexibility index (Phi) is 7.13. The number of aliphatic hydroxyl groups is 1. The molecular formula is C26H36O. The maximum atomic E-state index is 10.5. The molecule has 27 heavy (non-hydrogen) atoms. The van der Waals surface area contributed by atoms with Crippen LogP contribution in [0.5, 0.6) is 0 Å². The number of aryl methyl sites for hydroxylation is 1. The van der Waals surface area contributed by atoms with Gasteiger partial charge < -0.3 is 5.11 Å². The number of aliphatic hydroxyl groups excluding tert-OH is 1. The van der Waals surface area contributed by atoms with Gasteiger partial charge in [0.1, 0.15) is 0 Å². The molecule has 1 saturated carbocycles. The lowest BCUT2D eigenvalue weighted by atomic mass is 9.73. The van der Waals surface area contributed by atoms with Crippen molar-refractivity contribution in [2.45, 2.75) is 84.2 Å². The van der Waals surface area contributed by atoms with Crippen LogP contribution in [0.25, 0.3) is 5.57 Å². The van der Waals surface area contributed by atoms with Crippen LogP contribution in [0.15, 0.2) is 54.1 Å². The lowest BCUT2D eigenvalue weighted by Crippen LogP contribution is -2.23. The number of unbranched alkanes of at least 4 members (excludes halogenated alkanes) is 2. The predicted octanol–water partition coefficient (Wildman–Crippen LogP) is 7.16. The second-order valence-electron chi connectivity index (χ2n) is 8.71. The number of hydrogen-bond acceptors (Lipinski definition) is 1. The first-order valence-electron chi connectivity index (χ1n) is 11.0. The second-order valence-corrected chi connectivity index (χ2v) is 8.71. The lowest BCUT2D eigenvalue weighted by molar-refractivity contribution is 0.115. The van der Waals surface area contributed by atoms with Crippen LogP contribution in [0.4, 0.5) is 0 Å². The third-order valence-electron chi connectivity index (χ3n) is 6.29. The minimum absolute atomic E-state index is 0.128. The largest absolute Gasteiger partial charge is 0.393 e. The normalized spacial score (nSPS) is 27.4. The molecule has 1 nitrogen and oxygen atoms in total. The molecule has 2 aliphatic rings. The van der Waals surface area contributed by atoms with Crippen molar-refractivity contribution in [2.24, 2.45) is 5.41 Å². The zero-order valence-electron chi connectivity index (χ0n) is 17.2. The fraction of sp³-hybridized carbons (Fsp3) is 0.538. The zero-order chi connectivity index (χ0) is 19.1. The molecule has 2 aliphatic carbocycles. The summed E-state index contributed by atoms with van der Waals surface area (Å²) >= 11 is 0. The molecule has 1 N–H and O–H groups in total. The van der Waals surface area contributed by atoms with Gasteiger partial charge in [0, 0.05) is 0 Å². The molecule has 1 fully saturated rings. The van der Waals surface area contributed by atoms with Crippen molar-refractivity contribution in [3.8, 4) is 0 Å². The molecule has 0 radical (unpaired) electrons. The summed E-state index contributed by atoms with van der Waals surface area (Å²) in [5, 5.41) is 10.5. The van der Waals surface area contributed by atoms with Crippen molar-refractivity contribution in [3.05, 3.63) is 65.3 Å². The topological polar surface area (TPSA) is 20.2 Å². The van der Waals surface area contributed by atoms with E-state index in [1.165, 1.54) is 67.2 Å². The van der Waals surface area contributed by atoms with E-state index in [1.807, 2.05) is 0 Å². The predicted molar refractivity (Wildman–Crippen MR) is 117 cm³/mol. The molecule has 146 valence electrons. The van der Waals surface area contributed by atoms with Gasteiger partial charge in [-0.05, 0) is 61.2 Å². The average Bonchev–Trinajstić information content (AvgIpc) is 2.85. The van der Waals surface area contributed by atoms with Crippen LogP contribution < -0.4 is 0 Å². The molecule has 0 heterocycles. The van der Waals surface area contributed by atoms with Crippen LogP contribution in [0.3, 0.4) is 0 Å². The Morgan fingerprint density at radius 3 is 2.63 bits per heavy atom. The molecular weight excluding hydrogens is 328 g/mol. The van der Waals surface area contributed by atoms with Gasteiger partial charge in [0.2, 0.25) is 0 Å². The van der Waals surface area contributed by atoms with Gasteiger partial charge in [0.05, 0.1) is 6.10 Å². The van der Waals surface area contributed by atoms with Crippen LogP contribution in [0.2, 0.25) is 0 Å². The Hall–Kier alpha value is -1.60. The molecule has 3 rings (SSSR count). The van der Waals surface area contributed by atoms with Crippen LogP contribution in [-0.2, 0) is 0 Å². The Labute approximate surface area is 165 Å². The third-order valence-corrected chi connectivity index (χ3v) is 6.29. The van der Waals surface area contributed by atoms with Crippen LogP contribution in [-0.4, -0.2) is 11.2 Å². The number of rotatable bonds is 6. The van der Waals surface area contributed by atoms with E-state index in [0.29, 0.717) is 0 Å². The van der Waals surface area contributed by atoms with E-state index >= 15 is 0 Å². The van der Waals surface area contributed by atoms with Gasteiger partial charge >= 0.3 is 0 Å². The number of benzene rings is 1. The summed E-state index contributed by atoms with van der Waals surface area (Å²) in [6.45, 7) is 4.41. The molecule has 0 saturated heterocycles. The van der Waals surface area contributed by atoms with E-state index in [0.717, 1.165) is 19.3 Å². The van der Waals surface area contributed by atoms with E-state index in [9.17, 15) is 5.11 Å². The highest BCUT2D eigenvalue weighted by Gasteiger charge is 2.32. The minimum Gasteiger partial charge on any atom is -0.393 e. The van der Waals surface area contributed by atoms with Crippen molar-refractivity contribution >= 4 is 5.57 Å². The van der Waals surface area contributed by atoms with Crippen molar-refractivity contribution in [1.29, 1.82) is 0 Å². The van der Waals surface area contributed by atoms with Gasteiger partial charge in [-0.3, -0.25) is 0 Å². The SMILES string of the molecule is CCCCCC1(/C=C2\C=CC(c3ccc(C)cc3)=CC2)CCCCC(O)C1.